The Hall–Kier alpha value is -0.670. The molecule has 0 nitrogen and oxygen atoms in total. The van der Waals surface area contributed by atoms with Crippen LogP contribution in [0.4, 0.5) is 4.39 Å². The Balaban J connectivity index is 2.34. The minimum absolute atomic E-state index is 0.134. The molecule has 1 atom stereocenters. The largest absolute Gasteiger partial charge is 0.207 e. The molecule has 19 heavy (non-hydrogen) atoms. The van der Waals surface area contributed by atoms with E-state index in [-0.39, 0.29) is 16.1 Å². The second-order valence-electron chi connectivity index (χ2n) is 5.82. The first-order valence-electron chi connectivity index (χ1n) is 6.29. The van der Waals surface area contributed by atoms with Crippen LogP contribution in [0.3, 0.4) is 0 Å². The summed E-state index contributed by atoms with van der Waals surface area (Å²) in [6.45, 7) is 8.60. The second-order valence-corrected chi connectivity index (χ2v) is 7.85. The molecule has 0 aliphatic rings. The topological polar surface area (TPSA) is 0 Å². The number of thiophene rings is 1. The van der Waals surface area contributed by atoms with E-state index in [0.717, 1.165) is 11.1 Å². The van der Waals surface area contributed by atoms with Crippen molar-refractivity contribution in [1.82, 2.24) is 0 Å². The Morgan fingerprint density at radius 3 is 2.37 bits per heavy atom. The first-order valence-corrected chi connectivity index (χ1v) is 8.02. The Morgan fingerprint density at radius 1 is 1.16 bits per heavy atom. The Morgan fingerprint density at radius 2 is 1.84 bits per heavy atom. The van der Waals surface area contributed by atoms with Gasteiger partial charge in [-0.2, -0.15) is 0 Å². The molecular formula is C16H18BrFS. The number of aryl methyl sites for hydroxylation is 1. The molecule has 0 aliphatic carbocycles. The SMILES string of the molecule is Cc1cc(F)ccc1C(Br)c1ccc(C(C)(C)C)s1. The summed E-state index contributed by atoms with van der Waals surface area (Å²) >= 11 is 5.55. The molecule has 0 fully saturated rings. The van der Waals surface area contributed by atoms with Crippen molar-refractivity contribution in [3.63, 3.8) is 0 Å². The van der Waals surface area contributed by atoms with Crippen molar-refractivity contribution in [3.8, 4) is 0 Å². The van der Waals surface area contributed by atoms with Gasteiger partial charge in [-0.1, -0.05) is 42.8 Å². The molecule has 2 rings (SSSR count). The molecule has 0 N–H and O–H groups in total. The highest BCUT2D eigenvalue weighted by Crippen LogP contribution is 2.39. The van der Waals surface area contributed by atoms with E-state index in [4.69, 9.17) is 0 Å². The van der Waals surface area contributed by atoms with Crippen molar-refractivity contribution in [2.45, 2.75) is 37.9 Å². The maximum absolute atomic E-state index is 13.2. The quantitative estimate of drug-likeness (QED) is 0.590. The van der Waals surface area contributed by atoms with Crippen molar-refractivity contribution in [1.29, 1.82) is 0 Å². The van der Waals surface area contributed by atoms with E-state index in [1.165, 1.54) is 15.8 Å². The van der Waals surface area contributed by atoms with E-state index < -0.39 is 0 Å². The minimum atomic E-state index is -0.178. The summed E-state index contributed by atoms with van der Waals surface area (Å²) in [6, 6.07) is 9.32. The predicted molar refractivity (Wildman–Crippen MR) is 84.9 cm³/mol. The maximum atomic E-state index is 13.2. The fourth-order valence-corrected chi connectivity index (χ4v) is 3.98. The van der Waals surface area contributed by atoms with Crippen molar-refractivity contribution in [3.05, 3.63) is 57.0 Å². The normalized spacial score (nSPS) is 13.6. The van der Waals surface area contributed by atoms with Crippen LogP contribution in [0.1, 0.15) is 46.5 Å². The average Bonchev–Trinajstić information content (AvgIpc) is 2.76. The molecule has 2 aromatic rings. The molecule has 0 spiro atoms. The van der Waals surface area contributed by atoms with Crippen LogP contribution in [0, 0.1) is 12.7 Å². The minimum Gasteiger partial charge on any atom is -0.207 e. The summed E-state index contributed by atoms with van der Waals surface area (Å²) in [5, 5.41) is 0. The van der Waals surface area contributed by atoms with E-state index in [0.29, 0.717) is 0 Å². The highest BCUT2D eigenvalue weighted by molar-refractivity contribution is 9.09. The van der Waals surface area contributed by atoms with Crippen LogP contribution in [-0.2, 0) is 5.41 Å². The summed E-state index contributed by atoms with van der Waals surface area (Å²) in [5.74, 6) is -0.178. The number of benzene rings is 1. The number of hydrogen-bond donors (Lipinski definition) is 0. The Kier molecular flexibility index (Phi) is 4.17. The number of halogens is 2. The third-order valence-corrected chi connectivity index (χ3v) is 5.99. The zero-order chi connectivity index (χ0) is 14.2. The molecule has 1 unspecified atom stereocenters. The second kappa shape index (κ2) is 5.37. The lowest BCUT2D eigenvalue weighted by molar-refractivity contribution is 0.604. The molecule has 0 bridgehead atoms. The molecule has 3 heteroatoms. The molecule has 0 saturated carbocycles. The zero-order valence-corrected chi connectivity index (χ0v) is 14.0. The van der Waals surface area contributed by atoms with Crippen LogP contribution >= 0.6 is 27.3 Å². The molecule has 1 aromatic heterocycles. The van der Waals surface area contributed by atoms with Gasteiger partial charge >= 0.3 is 0 Å². The Labute approximate surface area is 126 Å². The third-order valence-electron chi connectivity index (χ3n) is 3.12. The fraction of sp³-hybridized carbons (Fsp3) is 0.375. The van der Waals surface area contributed by atoms with Gasteiger partial charge in [0.15, 0.2) is 0 Å². The lowest BCUT2D eigenvalue weighted by Gasteiger charge is -2.16. The summed E-state index contributed by atoms with van der Waals surface area (Å²) < 4.78 is 13.2. The van der Waals surface area contributed by atoms with Crippen LogP contribution in [0.5, 0.6) is 0 Å². The van der Waals surface area contributed by atoms with Crippen LogP contribution < -0.4 is 0 Å². The summed E-state index contributed by atoms with van der Waals surface area (Å²) in [4.78, 5) is 2.76. The maximum Gasteiger partial charge on any atom is 0.123 e. The van der Waals surface area contributed by atoms with E-state index in [1.807, 2.05) is 24.3 Å². The Bertz CT molecular complexity index is 581. The van der Waals surface area contributed by atoms with Gasteiger partial charge in [-0.05, 0) is 47.7 Å². The fourth-order valence-electron chi connectivity index (χ4n) is 1.97. The molecule has 0 aliphatic heterocycles. The van der Waals surface area contributed by atoms with Gasteiger partial charge in [0.25, 0.3) is 0 Å². The molecule has 102 valence electrons. The van der Waals surface area contributed by atoms with Crippen molar-refractivity contribution in [2.75, 3.05) is 0 Å². The standard InChI is InChI=1S/C16H18BrFS/c1-10-9-11(18)5-6-12(10)15(17)13-7-8-14(19-13)16(2,3)4/h5-9,15H,1-4H3. The van der Waals surface area contributed by atoms with Crippen LogP contribution in [0.15, 0.2) is 30.3 Å². The van der Waals surface area contributed by atoms with Crippen molar-refractivity contribution in [2.24, 2.45) is 0 Å². The van der Waals surface area contributed by atoms with E-state index in [2.05, 4.69) is 48.8 Å². The molecule has 0 amide bonds. The van der Waals surface area contributed by atoms with Crippen LogP contribution in [0.25, 0.3) is 0 Å². The summed E-state index contributed by atoms with van der Waals surface area (Å²) in [7, 11) is 0. The summed E-state index contributed by atoms with van der Waals surface area (Å²) in [5.41, 5.74) is 2.28. The van der Waals surface area contributed by atoms with Gasteiger partial charge in [0.2, 0.25) is 0 Å². The molecule has 1 aromatic carbocycles. The van der Waals surface area contributed by atoms with Crippen LogP contribution in [0.2, 0.25) is 0 Å². The van der Waals surface area contributed by atoms with E-state index in [1.54, 1.807) is 6.07 Å². The van der Waals surface area contributed by atoms with Gasteiger partial charge in [-0.25, -0.2) is 4.39 Å². The first-order chi connectivity index (χ1) is 8.79. The van der Waals surface area contributed by atoms with Crippen molar-refractivity contribution >= 4 is 27.3 Å². The summed E-state index contributed by atoms with van der Waals surface area (Å²) in [6.07, 6.45) is 0. The lowest BCUT2D eigenvalue weighted by atomic mass is 9.95. The lowest BCUT2D eigenvalue weighted by Crippen LogP contribution is -2.07. The van der Waals surface area contributed by atoms with Gasteiger partial charge in [-0.15, -0.1) is 11.3 Å². The van der Waals surface area contributed by atoms with Crippen LogP contribution in [-0.4, -0.2) is 0 Å². The van der Waals surface area contributed by atoms with Crippen molar-refractivity contribution < 1.29 is 4.39 Å². The number of rotatable bonds is 2. The van der Waals surface area contributed by atoms with Gasteiger partial charge < -0.3 is 0 Å². The zero-order valence-electron chi connectivity index (χ0n) is 11.6. The smallest absolute Gasteiger partial charge is 0.123 e. The van der Waals surface area contributed by atoms with E-state index >= 15 is 0 Å². The number of alkyl halides is 1. The van der Waals surface area contributed by atoms with E-state index in [9.17, 15) is 4.39 Å². The molecule has 1 heterocycles. The van der Waals surface area contributed by atoms with Gasteiger partial charge in [0.05, 0.1) is 4.83 Å². The monoisotopic (exact) mass is 340 g/mol. The molecule has 0 saturated heterocycles. The highest BCUT2D eigenvalue weighted by atomic mass is 79.9. The highest BCUT2D eigenvalue weighted by Gasteiger charge is 2.20. The van der Waals surface area contributed by atoms with Gasteiger partial charge in [0, 0.05) is 9.75 Å². The molecule has 0 radical (unpaired) electrons. The average molecular weight is 341 g/mol. The third kappa shape index (κ3) is 3.26. The van der Waals surface area contributed by atoms with Gasteiger partial charge in [0.1, 0.15) is 5.82 Å². The van der Waals surface area contributed by atoms with Gasteiger partial charge in [-0.3, -0.25) is 0 Å². The predicted octanol–water partition coefficient (Wildman–Crippen LogP) is 5.98. The first kappa shape index (κ1) is 14.7. The molecular weight excluding hydrogens is 323 g/mol. The number of hydrogen-bond acceptors (Lipinski definition) is 1.